The zero-order chi connectivity index (χ0) is 15.9. The van der Waals surface area contributed by atoms with Crippen LogP contribution in [0.1, 0.15) is 26.7 Å². The number of benzene rings is 1. The monoisotopic (exact) mass is 306 g/mol. The zero-order valence-corrected chi connectivity index (χ0v) is 13.4. The molecule has 5 nitrogen and oxygen atoms in total. The van der Waals surface area contributed by atoms with Crippen molar-refractivity contribution in [1.82, 2.24) is 4.90 Å². The van der Waals surface area contributed by atoms with E-state index in [2.05, 4.69) is 17.1 Å². The number of amides is 1. The molecule has 5 heteroatoms. The van der Waals surface area contributed by atoms with Gasteiger partial charge in [0.15, 0.2) is 0 Å². The fourth-order valence-electron chi connectivity index (χ4n) is 2.83. The molecular formula is C17H26N2O3. The van der Waals surface area contributed by atoms with Gasteiger partial charge in [0, 0.05) is 25.7 Å². The Morgan fingerprint density at radius 3 is 2.82 bits per heavy atom. The SMILES string of the molecule is CC(=O)Nc1ccc(OC[C@H](O)CN2CCC[C@@H](C)C2)cc1. The Balaban J connectivity index is 1.73. The van der Waals surface area contributed by atoms with Gasteiger partial charge in [-0.15, -0.1) is 0 Å². The first kappa shape index (κ1) is 16.8. The van der Waals surface area contributed by atoms with Crippen LogP contribution in [0.5, 0.6) is 5.75 Å². The fourth-order valence-corrected chi connectivity index (χ4v) is 2.83. The van der Waals surface area contributed by atoms with Gasteiger partial charge in [-0.3, -0.25) is 4.79 Å². The highest BCUT2D eigenvalue weighted by Crippen LogP contribution is 2.17. The van der Waals surface area contributed by atoms with E-state index in [1.807, 2.05) is 0 Å². The Bertz CT molecular complexity index is 475. The molecule has 1 aromatic carbocycles. The lowest BCUT2D eigenvalue weighted by molar-refractivity contribution is -0.114. The lowest BCUT2D eigenvalue weighted by Crippen LogP contribution is -2.41. The van der Waals surface area contributed by atoms with Gasteiger partial charge in [0.05, 0.1) is 0 Å². The van der Waals surface area contributed by atoms with Crippen LogP contribution < -0.4 is 10.1 Å². The maximum atomic E-state index is 10.9. The van der Waals surface area contributed by atoms with Crippen molar-refractivity contribution in [3.8, 4) is 5.75 Å². The molecule has 1 amide bonds. The number of rotatable bonds is 6. The molecule has 1 aromatic rings. The van der Waals surface area contributed by atoms with Crippen LogP contribution in [-0.4, -0.2) is 48.3 Å². The van der Waals surface area contributed by atoms with Crippen LogP contribution in [0.4, 0.5) is 5.69 Å². The Kier molecular flexibility index (Phi) is 6.21. The van der Waals surface area contributed by atoms with E-state index in [0.717, 1.165) is 18.8 Å². The number of hydrogen-bond acceptors (Lipinski definition) is 4. The number of likely N-dealkylation sites (tertiary alicyclic amines) is 1. The topological polar surface area (TPSA) is 61.8 Å². The Morgan fingerprint density at radius 2 is 2.18 bits per heavy atom. The largest absolute Gasteiger partial charge is 0.491 e. The molecule has 0 aliphatic carbocycles. The van der Waals surface area contributed by atoms with Crippen molar-refractivity contribution in [3.05, 3.63) is 24.3 Å². The van der Waals surface area contributed by atoms with Crippen LogP contribution >= 0.6 is 0 Å². The molecule has 2 rings (SSSR count). The summed E-state index contributed by atoms with van der Waals surface area (Å²) in [4.78, 5) is 13.3. The number of ether oxygens (including phenoxy) is 1. The molecular weight excluding hydrogens is 280 g/mol. The van der Waals surface area contributed by atoms with Gasteiger partial charge in [0.1, 0.15) is 18.5 Å². The number of carbonyl (C=O) groups excluding carboxylic acids is 1. The van der Waals surface area contributed by atoms with Crippen molar-refractivity contribution in [2.75, 3.05) is 31.6 Å². The lowest BCUT2D eigenvalue weighted by Gasteiger charge is -2.32. The molecule has 1 aliphatic rings. The molecule has 1 aliphatic heterocycles. The van der Waals surface area contributed by atoms with Crippen molar-refractivity contribution in [3.63, 3.8) is 0 Å². The third-order valence-electron chi connectivity index (χ3n) is 3.83. The van der Waals surface area contributed by atoms with Gasteiger partial charge in [0.25, 0.3) is 0 Å². The number of piperidine rings is 1. The minimum absolute atomic E-state index is 0.0974. The Labute approximate surface area is 132 Å². The van der Waals surface area contributed by atoms with E-state index in [1.165, 1.54) is 19.8 Å². The second-order valence-electron chi connectivity index (χ2n) is 6.18. The summed E-state index contributed by atoms with van der Waals surface area (Å²) < 4.78 is 5.61. The highest BCUT2D eigenvalue weighted by atomic mass is 16.5. The van der Waals surface area contributed by atoms with Gasteiger partial charge < -0.3 is 20.1 Å². The molecule has 1 saturated heterocycles. The van der Waals surface area contributed by atoms with Gasteiger partial charge in [-0.1, -0.05) is 6.92 Å². The number of nitrogens with zero attached hydrogens (tertiary/aromatic N) is 1. The van der Waals surface area contributed by atoms with Gasteiger partial charge in [0.2, 0.25) is 5.91 Å². The van der Waals surface area contributed by atoms with Crippen molar-refractivity contribution >= 4 is 11.6 Å². The number of aliphatic hydroxyl groups is 1. The molecule has 122 valence electrons. The van der Waals surface area contributed by atoms with Crippen LogP contribution in [-0.2, 0) is 4.79 Å². The number of hydrogen-bond donors (Lipinski definition) is 2. The summed E-state index contributed by atoms with van der Waals surface area (Å²) in [7, 11) is 0. The molecule has 2 atom stereocenters. The second kappa shape index (κ2) is 8.15. The quantitative estimate of drug-likeness (QED) is 0.845. The number of nitrogens with one attached hydrogen (secondary N) is 1. The van der Waals surface area contributed by atoms with Crippen molar-refractivity contribution < 1.29 is 14.6 Å². The zero-order valence-electron chi connectivity index (χ0n) is 13.4. The normalized spacial score (nSPS) is 20.4. The van der Waals surface area contributed by atoms with Crippen LogP contribution in [0, 0.1) is 5.92 Å². The summed E-state index contributed by atoms with van der Waals surface area (Å²) in [5.41, 5.74) is 0.739. The third-order valence-corrected chi connectivity index (χ3v) is 3.83. The van der Waals surface area contributed by atoms with Crippen molar-refractivity contribution in [1.29, 1.82) is 0 Å². The van der Waals surface area contributed by atoms with E-state index in [0.29, 0.717) is 18.2 Å². The molecule has 0 spiro atoms. The van der Waals surface area contributed by atoms with Gasteiger partial charge in [-0.05, 0) is 49.6 Å². The minimum Gasteiger partial charge on any atom is -0.491 e. The van der Waals surface area contributed by atoms with Crippen LogP contribution in [0.2, 0.25) is 0 Å². The molecule has 0 aromatic heterocycles. The molecule has 1 fully saturated rings. The molecule has 0 saturated carbocycles. The van der Waals surface area contributed by atoms with Gasteiger partial charge in [-0.2, -0.15) is 0 Å². The molecule has 22 heavy (non-hydrogen) atoms. The van der Waals surface area contributed by atoms with E-state index in [4.69, 9.17) is 4.74 Å². The summed E-state index contributed by atoms with van der Waals surface area (Å²) in [6.45, 7) is 6.79. The average molecular weight is 306 g/mol. The summed E-state index contributed by atoms with van der Waals surface area (Å²) in [5.74, 6) is 1.31. The first-order valence-corrected chi connectivity index (χ1v) is 7.94. The second-order valence-corrected chi connectivity index (χ2v) is 6.18. The minimum atomic E-state index is -0.486. The molecule has 0 radical (unpaired) electrons. The molecule has 1 heterocycles. The van der Waals surface area contributed by atoms with E-state index in [1.54, 1.807) is 24.3 Å². The van der Waals surface area contributed by atoms with E-state index in [-0.39, 0.29) is 12.5 Å². The molecule has 2 N–H and O–H groups in total. The molecule has 0 bridgehead atoms. The smallest absolute Gasteiger partial charge is 0.221 e. The first-order valence-electron chi connectivity index (χ1n) is 7.94. The number of aliphatic hydroxyl groups excluding tert-OH is 1. The predicted molar refractivity (Wildman–Crippen MR) is 87.1 cm³/mol. The summed E-state index contributed by atoms with van der Waals surface area (Å²) >= 11 is 0. The van der Waals surface area contributed by atoms with Crippen LogP contribution in [0.25, 0.3) is 0 Å². The number of carbonyl (C=O) groups is 1. The van der Waals surface area contributed by atoms with Gasteiger partial charge >= 0.3 is 0 Å². The summed E-state index contributed by atoms with van der Waals surface area (Å²) in [6.07, 6.45) is 2.00. The van der Waals surface area contributed by atoms with Crippen LogP contribution in [0.3, 0.4) is 0 Å². The van der Waals surface area contributed by atoms with Gasteiger partial charge in [-0.25, -0.2) is 0 Å². The van der Waals surface area contributed by atoms with E-state index >= 15 is 0 Å². The van der Waals surface area contributed by atoms with Crippen molar-refractivity contribution in [2.24, 2.45) is 5.92 Å². The summed E-state index contributed by atoms with van der Waals surface area (Å²) in [5, 5.41) is 12.8. The third kappa shape index (κ3) is 5.66. The number of anilines is 1. The Hall–Kier alpha value is -1.59. The first-order chi connectivity index (χ1) is 10.5. The van der Waals surface area contributed by atoms with Crippen LogP contribution in [0.15, 0.2) is 24.3 Å². The predicted octanol–water partition coefficient (Wildman–Crippen LogP) is 2.12. The van der Waals surface area contributed by atoms with E-state index < -0.39 is 6.10 Å². The number of β-amino-alcohol motifs (C(OH)–C–C–N with tert-alkyl or cyclic N) is 1. The fraction of sp³-hybridized carbons (Fsp3) is 0.588. The summed E-state index contributed by atoms with van der Waals surface area (Å²) in [6, 6.07) is 7.16. The maximum absolute atomic E-state index is 10.9. The highest BCUT2D eigenvalue weighted by molar-refractivity contribution is 5.88. The average Bonchev–Trinajstić information content (AvgIpc) is 2.46. The molecule has 0 unspecified atom stereocenters. The van der Waals surface area contributed by atoms with E-state index in [9.17, 15) is 9.90 Å². The highest BCUT2D eigenvalue weighted by Gasteiger charge is 2.19. The Morgan fingerprint density at radius 1 is 1.45 bits per heavy atom. The van der Waals surface area contributed by atoms with Crippen molar-refractivity contribution in [2.45, 2.75) is 32.8 Å². The maximum Gasteiger partial charge on any atom is 0.221 e. The standard InChI is InChI=1S/C17H26N2O3/c1-13-4-3-9-19(10-13)11-16(21)12-22-17-7-5-15(6-8-17)18-14(2)20/h5-8,13,16,21H,3-4,9-12H2,1-2H3,(H,18,20)/t13-,16-/m1/s1. The lowest BCUT2D eigenvalue weighted by atomic mass is 10.0.